The molecule has 4 aromatic rings. The fourth-order valence-corrected chi connectivity index (χ4v) is 5.01. The van der Waals surface area contributed by atoms with E-state index < -0.39 is 23.3 Å². The van der Waals surface area contributed by atoms with Crippen LogP contribution in [-0.4, -0.2) is 84.8 Å². The second kappa shape index (κ2) is 11.4. The van der Waals surface area contributed by atoms with E-state index in [4.69, 9.17) is 4.74 Å². The minimum atomic E-state index is -1.85. The molecule has 0 saturated carbocycles. The maximum atomic E-state index is 14.9. The van der Waals surface area contributed by atoms with Gasteiger partial charge < -0.3 is 14.7 Å². The van der Waals surface area contributed by atoms with Gasteiger partial charge in [0.1, 0.15) is 35.6 Å². The monoisotopic (exact) mass is 539 g/mol. The number of hydrogen-bond acceptors (Lipinski definition) is 9. The van der Waals surface area contributed by atoms with Gasteiger partial charge in [0.05, 0.1) is 19.7 Å². The Hall–Kier alpha value is -3.97. The van der Waals surface area contributed by atoms with Gasteiger partial charge in [-0.1, -0.05) is 6.07 Å². The molecule has 0 radical (unpaired) electrons. The summed E-state index contributed by atoms with van der Waals surface area (Å²) < 4.78 is 36.8. The lowest BCUT2D eigenvalue weighted by atomic mass is 9.86. The highest BCUT2D eigenvalue weighted by molar-refractivity contribution is 5.49. The predicted octanol–water partition coefficient (Wildman–Crippen LogP) is 2.07. The van der Waals surface area contributed by atoms with Crippen molar-refractivity contribution in [1.82, 2.24) is 39.9 Å². The van der Waals surface area contributed by atoms with Crippen molar-refractivity contribution >= 4 is 5.69 Å². The normalized spacial score (nSPS) is 16.7. The number of nitrogens with zero attached hydrogens (tertiary/aromatic N) is 9. The lowest BCUT2D eigenvalue weighted by molar-refractivity contribution is -0.0384. The number of ether oxygens (including phenoxy) is 1. The number of piperazine rings is 1. The van der Waals surface area contributed by atoms with E-state index in [0.717, 1.165) is 56.3 Å². The number of benzene rings is 2. The van der Waals surface area contributed by atoms with E-state index in [1.807, 2.05) is 12.1 Å². The molecule has 5 rings (SSSR count). The largest absolute Gasteiger partial charge is 0.497 e. The van der Waals surface area contributed by atoms with Gasteiger partial charge in [-0.25, -0.2) is 23.1 Å². The molecule has 2 atom stereocenters. The van der Waals surface area contributed by atoms with Gasteiger partial charge >= 0.3 is 0 Å². The van der Waals surface area contributed by atoms with Crippen molar-refractivity contribution in [2.75, 3.05) is 44.7 Å². The molecule has 0 bridgehead atoms. The summed E-state index contributed by atoms with van der Waals surface area (Å²) in [6.45, 7) is 5.80. The highest BCUT2D eigenvalue weighted by atomic mass is 19.1. The lowest BCUT2D eigenvalue weighted by Gasteiger charge is -2.36. The molecule has 0 spiro atoms. The van der Waals surface area contributed by atoms with Crippen molar-refractivity contribution in [2.24, 2.45) is 0 Å². The summed E-state index contributed by atoms with van der Waals surface area (Å²) in [6.07, 6.45) is 3.28. The summed E-state index contributed by atoms with van der Waals surface area (Å²) in [7, 11) is 1.66. The Balaban J connectivity index is 1.28. The van der Waals surface area contributed by atoms with Gasteiger partial charge in [0.2, 0.25) is 0 Å². The Bertz CT molecular complexity index is 1360. The van der Waals surface area contributed by atoms with Crippen molar-refractivity contribution in [3.8, 4) is 5.75 Å². The van der Waals surface area contributed by atoms with Crippen LogP contribution in [0.25, 0.3) is 0 Å². The first-order valence-electron chi connectivity index (χ1n) is 12.8. The van der Waals surface area contributed by atoms with Gasteiger partial charge in [-0.3, -0.25) is 4.90 Å². The van der Waals surface area contributed by atoms with Crippen molar-refractivity contribution in [3.63, 3.8) is 0 Å². The molecule has 2 unspecified atom stereocenters. The second-order valence-electron chi connectivity index (χ2n) is 9.63. The number of anilines is 1. The Morgan fingerprint density at radius 2 is 1.85 bits per heavy atom. The van der Waals surface area contributed by atoms with Crippen molar-refractivity contribution in [2.45, 2.75) is 31.5 Å². The third kappa shape index (κ3) is 5.73. The third-order valence-corrected chi connectivity index (χ3v) is 7.35. The summed E-state index contributed by atoms with van der Waals surface area (Å²) in [5.41, 5.74) is -0.768. The van der Waals surface area contributed by atoms with Gasteiger partial charge in [0.25, 0.3) is 0 Å². The van der Waals surface area contributed by atoms with E-state index in [-0.39, 0.29) is 12.1 Å². The number of aliphatic hydroxyl groups is 1. The van der Waals surface area contributed by atoms with Crippen molar-refractivity contribution < 1.29 is 18.6 Å². The molecule has 2 aromatic carbocycles. The molecule has 11 nitrogen and oxygen atoms in total. The van der Waals surface area contributed by atoms with E-state index in [2.05, 4.69) is 47.5 Å². The van der Waals surface area contributed by atoms with Gasteiger partial charge in [-0.15, -0.1) is 5.10 Å². The van der Waals surface area contributed by atoms with Crippen LogP contribution in [0.15, 0.2) is 55.1 Å². The van der Waals surface area contributed by atoms with E-state index in [1.165, 1.54) is 28.1 Å². The van der Waals surface area contributed by atoms with Gasteiger partial charge in [-0.05, 0) is 47.7 Å². The van der Waals surface area contributed by atoms with Crippen LogP contribution < -0.4 is 9.64 Å². The molecule has 2 aromatic heterocycles. The molecule has 206 valence electrons. The summed E-state index contributed by atoms with van der Waals surface area (Å²) in [5, 5.41) is 28.1. The number of aromatic nitrogens is 7. The fourth-order valence-electron chi connectivity index (χ4n) is 5.01. The van der Waals surface area contributed by atoms with E-state index in [0.29, 0.717) is 12.2 Å². The smallest absolute Gasteiger partial charge is 0.153 e. The van der Waals surface area contributed by atoms with E-state index in [9.17, 15) is 13.9 Å². The zero-order valence-corrected chi connectivity index (χ0v) is 21.9. The molecule has 1 aliphatic rings. The van der Waals surface area contributed by atoms with Gasteiger partial charge in [0, 0.05) is 56.5 Å². The van der Waals surface area contributed by atoms with Crippen molar-refractivity contribution in [1.29, 1.82) is 0 Å². The topological polar surface area (TPSA) is 110 Å². The number of halogens is 2. The minimum absolute atomic E-state index is 0.0806. The Morgan fingerprint density at radius 1 is 1.08 bits per heavy atom. The molecule has 1 saturated heterocycles. The number of rotatable bonds is 10. The van der Waals surface area contributed by atoms with E-state index in [1.54, 1.807) is 14.0 Å². The Kier molecular flexibility index (Phi) is 7.79. The Labute approximate surface area is 224 Å². The number of hydrogen-bond donors (Lipinski definition) is 1. The molecule has 3 heterocycles. The van der Waals surface area contributed by atoms with Crippen LogP contribution in [0, 0.1) is 11.6 Å². The summed E-state index contributed by atoms with van der Waals surface area (Å²) in [4.78, 5) is 8.59. The molecule has 1 aliphatic heterocycles. The predicted molar refractivity (Wildman–Crippen MR) is 138 cm³/mol. The maximum absolute atomic E-state index is 14.9. The first kappa shape index (κ1) is 26.6. The molecule has 39 heavy (non-hydrogen) atoms. The molecule has 1 fully saturated rings. The van der Waals surface area contributed by atoms with E-state index >= 15 is 0 Å². The lowest BCUT2D eigenvalue weighted by Crippen LogP contribution is -2.47. The third-order valence-electron chi connectivity index (χ3n) is 7.35. The Morgan fingerprint density at radius 3 is 2.51 bits per heavy atom. The first-order valence-corrected chi connectivity index (χ1v) is 12.8. The molecule has 0 aliphatic carbocycles. The van der Waals surface area contributed by atoms with Crippen molar-refractivity contribution in [3.05, 3.63) is 78.1 Å². The second-order valence-corrected chi connectivity index (χ2v) is 9.63. The van der Waals surface area contributed by atoms with Crippen LogP contribution in [0.5, 0.6) is 5.75 Å². The standard InChI is InChI=1S/C26H31F2N9O2/c1-19(26(38,16-36-18-29-17-30-36)23-8-3-20(27)15-24(23)28)37-25(31-32-33-37)9-10-34-11-13-35(14-12-34)21-4-6-22(39-2)7-5-21/h3-8,15,17-19,38H,9-14,16H2,1-2H3. The average molecular weight is 540 g/mol. The number of methoxy groups -OCH3 is 1. The zero-order valence-electron chi connectivity index (χ0n) is 21.9. The quantitative estimate of drug-likeness (QED) is 0.324. The first-order chi connectivity index (χ1) is 18.9. The molecular formula is C26H31F2N9O2. The fraction of sp³-hybridized carbons (Fsp3) is 0.423. The summed E-state index contributed by atoms with van der Waals surface area (Å²) in [5.74, 6) is -0.213. The average Bonchev–Trinajstić information content (AvgIpc) is 3.64. The molecule has 13 heteroatoms. The van der Waals surface area contributed by atoms with Crippen LogP contribution in [0.4, 0.5) is 14.5 Å². The molecular weight excluding hydrogens is 508 g/mol. The zero-order chi connectivity index (χ0) is 27.4. The van der Waals surface area contributed by atoms with Gasteiger partial charge in [0.15, 0.2) is 5.82 Å². The van der Waals surface area contributed by atoms with Crippen LogP contribution in [0.2, 0.25) is 0 Å². The summed E-state index contributed by atoms with van der Waals surface area (Å²) in [6, 6.07) is 10.4. The van der Waals surface area contributed by atoms with Crippen LogP contribution in [0.1, 0.15) is 24.4 Å². The van der Waals surface area contributed by atoms with Crippen LogP contribution >= 0.6 is 0 Å². The van der Waals surface area contributed by atoms with Crippen LogP contribution in [0.3, 0.4) is 0 Å². The maximum Gasteiger partial charge on any atom is 0.153 e. The van der Waals surface area contributed by atoms with Crippen LogP contribution in [-0.2, 0) is 18.6 Å². The molecule has 1 N–H and O–H groups in total. The highest BCUT2D eigenvalue weighted by Gasteiger charge is 2.42. The summed E-state index contributed by atoms with van der Waals surface area (Å²) >= 11 is 0. The minimum Gasteiger partial charge on any atom is -0.497 e. The molecule has 0 amide bonds. The SMILES string of the molecule is COc1ccc(N2CCN(CCc3nnnn3C(C)C(O)(Cn3cncn3)c3ccc(F)cc3F)CC2)cc1. The number of tetrazole rings is 1. The van der Waals surface area contributed by atoms with Gasteiger partial charge in [-0.2, -0.15) is 5.10 Å². The highest BCUT2D eigenvalue weighted by Crippen LogP contribution is 2.36.